The molecule has 0 aromatic heterocycles. The van der Waals surface area contributed by atoms with Crippen molar-refractivity contribution in [2.45, 2.75) is 52.9 Å². The number of hydrazone groups is 1. The predicted octanol–water partition coefficient (Wildman–Crippen LogP) is 2.30. The van der Waals surface area contributed by atoms with E-state index in [1.54, 1.807) is 14.0 Å². The van der Waals surface area contributed by atoms with Crippen LogP contribution < -0.4 is 5.43 Å². The van der Waals surface area contributed by atoms with E-state index >= 15 is 0 Å². The molecule has 19 heavy (non-hydrogen) atoms. The maximum atomic E-state index is 12.0. The summed E-state index contributed by atoms with van der Waals surface area (Å²) in [4.78, 5) is 23.1. The van der Waals surface area contributed by atoms with Gasteiger partial charge in [0.2, 0.25) is 0 Å². The van der Waals surface area contributed by atoms with E-state index in [9.17, 15) is 9.59 Å². The fourth-order valence-corrected chi connectivity index (χ4v) is 1.59. The first-order valence-corrected chi connectivity index (χ1v) is 6.93. The molecule has 0 aliphatic rings. The fourth-order valence-electron chi connectivity index (χ4n) is 1.59. The molecule has 0 aliphatic heterocycles. The van der Waals surface area contributed by atoms with Crippen LogP contribution in [-0.2, 0) is 14.3 Å². The highest BCUT2D eigenvalue weighted by atomic mass is 16.5. The van der Waals surface area contributed by atoms with Gasteiger partial charge in [-0.05, 0) is 32.1 Å². The highest BCUT2D eigenvalue weighted by molar-refractivity contribution is 6.39. The largest absolute Gasteiger partial charge is 0.466 e. The number of rotatable bonds is 10. The van der Waals surface area contributed by atoms with Gasteiger partial charge in [0.1, 0.15) is 5.71 Å². The lowest BCUT2D eigenvalue weighted by molar-refractivity contribution is -0.143. The average molecular weight is 270 g/mol. The molecule has 0 atom stereocenters. The molecule has 110 valence electrons. The molecule has 0 saturated carbocycles. The standard InChI is InChI=1S/C14H26N2O3/c1-5-19-14(18)8-6-7-13(17)12(16-15-4)10-9-11(2)3/h11,15H,5-10H2,1-4H3/b16-12+. The number of hydrogen-bond acceptors (Lipinski definition) is 5. The quantitative estimate of drug-likeness (QED) is 0.376. The molecule has 0 amide bonds. The summed E-state index contributed by atoms with van der Waals surface area (Å²) in [5, 5.41) is 4.03. The first kappa shape index (κ1) is 17.6. The summed E-state index contributed by atoms with van der Waals surface area (Å²) in [6, 6.07) is 0. The molecular weight excluding hydrogens is 244 g/mol. The van der Waals surface area contributed by atoms with Gasteiger partial charge in [0.25, 0.3) is 0 Å². The van der Waals surface area contributed by atoms with Crippen LogP contribution in [0.4, 0.5) is 0 Å². The summed E-state index contributed by atoms with van der Waals surface area (Å²) in [6.07, 6.45) is 2.76. The Morgan fingerprint density at radius 3 is 2.42 bits per heavy atom. The molecule has 0 unspecified atom stereocenters. The Morgan fingerprint density at radius 1 is 1.21 bits per heavy atom. The lowest BCUT2D eigenvalue weighted by Gasteiger charge is -2.07. The lowest BCUT2D eigenvalue weighted by atomic mass is 10.0. The third-order valence-corrected chi connectivity index (χ3v) is 2.62. The van der Waals surface area contributed by atoms with Gasteiger partial charge < -0.3 is 10.2 Å². The minimum absolute atomic E-state index is 0.0132. The summed E-state index contributed by atoms with van der Waals surface area (Å²) in [7, 11) is 1.68. The van der Waals surface area contributed by atoms with Crippen molar-refractivity contribution in [2.24, 2.45) is 11.0 Å². The van der Waals surface area contributed by atoms with Crippen molar-refractivity contribution in [3.63, 3.8) is 0 Å². The van der Waals surface area contributed by atoms with Gasteiger partial charge in [0.15, 0.2) is 5.78 Å². The maximum absolute atomic E-state index is 12.0. The van der Waals surface area contributed by atoms with Gasteiger partial charge in [-0.3, -0.25) is 9.59 Å². The topological polar surface area (TPSA) is 67.8 Å². The predicted molar refractivity (Wildman–Crippen MR) is 76.1 cm³/mol. The number of nitrogens with one attached hydrogen (secondary N) is 1. The van der Waals surface area contributed by atoms with Crippen molar-refractivity contribution in [1.82, 2.24) is 5.43 Å². The second kappa shape index (κ2) is 10.5. The van der Waals surface area contributed by atoms with E-state index in [4.69, 9.17) is 4.74 Å². The van der Waals surface area contributed by atoms with Crippen LogP contribution in [0.1, 0.15) is 52.9 Å². The highest BCUT2D eigenvalue weighted by Crippen LogP contribution is 2.08. The normalized spacial score (nSPS) is 11.5. The molecule has 0 heterocycles. The Kier molecular flexibility index (Phi) is 9.75. The van der Waals surface area contributed by atoms with E-state index in [2.05, 4.69) is 24.4 Å². The molecule has 0 radical (unpaired) electrons. The first-order valence-electron chi connectivity index (χ1n) is 6.93. The Bertz CT molecular complexity index is 312. The summed E-state index contributed by atoms with van der Waals surface area (Å²) in [5.74, 6) is 0.304. The van der Waals surface area contributed by atoms with E-state index < -0.39 is 0 Å². The van der Waals surface area contributed by atoms with Gasteiger partial charge in [-0.25, -0.2) is 0 Å². The number of ether oxygens (including phenoxy) is 1. The SMILES string of the molecule is CCOC(=O)CCCC(=O)/C(CCC(C)C)=N/NC. The van der Waals surface area contributed by atoms with E-state index in [-0.39, 0.29) is 18.2 Å². The zero-order valence-electron chi connectivity index (χ0n) is 12.5. The van der Waals surface area contributed by atoms with Crippen molar-refractivity contribution < 1.29 is 14.3 Å². The minimum Gasteiger partial charge on any atom is -0.466 e. The number of carbonyl (C=O) groups excluding carboxylic acids is 2. The van der Waals surface area contributed by atoms with E-state index in [1.165, 1.54) is 0 Å². The van der Waals surface area contributed by atoms with Crippen LogP contribution >= 0.6 is 0 Å². The number of Topliss-reactive ketones (excluding diaryl/α,β-unsaturated/α-hetero) is 1. The van der Waals surface area contributed by atoms with E-state index in [0.717, 1.165) is 6.42 Å². The van der Waals surface area contributed by atoms with Gasteiger partial charge in [-0.1, -0.05) is 13.8 Å². The maximum Gasteiger partial charge on any atom is 0.305 e. The fraction of sp³-hybridized carbons (Fsp3) is 0.786. The molecule has 0 fully saturated rings. The van der Waals surface area contributed by atoms with Crippen LogP contribution in [0.15, 0.2) is 5.10 Å². The van der Waals surface area contributed by atoms with E-state index in [0.29, 0.717) is 37.5 Å². The number of nitrogens with zero attached hydrogens (tertiary/aromatic N) is 1. The van der Waals surface area contributed by atoms with Crippen molar-refractivity contribution in [3.8, 4) is 0 Å². The third-order valence-electron chi connectivity index (χ3n) is 2.62. The van der Waals surface area contributed by atoms with Gasteiger partial charge in [-0.2, -0.15) is 5.10 Å². The third kappa shape index (κ3) is 9.22. The zero-order chi connectivity index (χ0) is 14.7. The van der Waals surface area contributed by atoms with Crippen LogP contribution in [0.3, 0.4) is 0 Å². The molecule has 5 nitrogen and oxygen atoms in total. The molecule has 5 heteroatoms. The summed E-state index contributed by atoms with van der Waals surface area (Å²) in [6.45, 7) is 6.38. The smallest absolute Gasteiger partial charge is 0.305 e. The monoisotopic (exact) mass is 270 g/mol. The zero-order valence-corrected chi connectivity index (χ0v) is 12.5. The molecular formula is C14H26N2O3. The lowest BCUT2D eigenvalue weighted by Crippen LogP contribution is -2.18. The minimum atomic E-state index is -0.246. The number of ketones is 1. The van der Waals surface area contributed by atoms with Crippen molar-refractivity contribution >= 4 is 17.5 Å². The van der Waals surface area contributed by atoms with Crippen LogP contribution in [0, 0.1) is 5.92 Å². The second-order valence-corrected chi connectivity index (χ2v) is 4.80. The number of esters is 1. The Hall–Kier alpha value is -1.39. The summed E-state index contributed by atoms with van der Waals surface area (Å²) in [5.41, 5.74) is 3.24. The molecule has 0 aromatic carbocycles. The van der Waals surface area contributed by atoms with Crippen LogP contribution in [-0.4, -0.2) is 31.1 Å². The molecule has 1 N–H and O–H groups in total. The van der Waals surface area contributed by atoms with Gasteiger partial charge in [0.05, 0.1) is 6.61 Å². The van der Waals surface area contributed by atoms with Crippen LogP contribution in [0.2, 0.25) is 0 Å². The number of carbonyl (C=O) groups is 2. The Labute approximate surface area is 115 Å². The average Bonchev–Trinajstić information content (AvgIpc) is 2.34. The molecule has 0 saturated heterocycles. The van der Waals surface area contributed by atoms with Gasteiger partial charge in [-0.15, -0.1) is 0 Å². The molecule has 0 aromatic rings. The van der Waals surface area contributed by atoms with Gasteiger partial charge in [0, 0.05) is 19.9 Å². The van der Waals surface area contributed by atoms with Gasteiger partial charge >= 0.3 is 5.97 Å². The first-order chi connectivity index (χ1) is 9.01. The molecule has 0 aliphatic carbocycles. The van der Waals surface area contributed by atoms with Crippen molar-refractivity contribution in [1.29, 1.82) is 0 Å². The molecule has 0 bridgehead atoms. The van der Waals surface area contributed by atoms with E-state index in [1.807, 2.05) is 0 Å². The summed E-state index contributed by atoms with van der Waals surface area (Å²) >= 11 is 0. The number of hydrogen-bond donors (Lipinski definition) is 1. The Morgan fingerprint density at radius 2 is 1.89 bits per heavy atom. The van der Waals surface area contributed by atoms with Crippen LogP contribution in [0.25, 0.3) is 0 Å². The van der Waals surface area contributed by atoms with Crippen molar-refractivity contribution in [2.75, 3.05) is 13.7 Å². The highest BCUT2D eigenvalue weighted by Gasteiger charge is 2.13. The molecule has 0 rings (SSSR count). The summed E-state index contributed by atoms with van der Waals surface area (Å²) < 4.78 is 4.82. The second-order valence-electron chi connectivity index (χ2n) is 4.80. The Balaban J connectivity index is 4.12. The van der Waals surface area contributed by atoms with Crippen LogP contribution in [0.5, 0.6) is 0 Å². The molecule has 0 spiro atoms. The van der Waals surface area contributed by atoms with Crippen molar-refractivity contribution in [3.05, 3.63) is 0 Å².